The number of imidazole rings is 1. The van der Waals surface area contributed by atoms with Gasteiger partial charge in [0.25, 0.3) is 0 Å². The van der Waals surface area contributed by atoms with Crippen LogP contribution in [0.3, 0.4) is 0 Å². The second-order valence-electron chi connectivity index (χ2n) is 5.94. The van der Waals surface area contributed by atoms with Gasteiger partial charge < -0.3 is 9.32 Å². The zero-order chi connectivity index (χ0) is 16.3. The highest BCUT2D eigenvalue weighted by Crippen LogP contribution is 2.43. The quantitative estimate of drug-likeness (QED) is 0.406. The van der Waals surface area contributed by atoms with Crippen molar-refractivity contribution < 1.29 is 4.42 Å². The lowest BCUT2D eigenvalue weighted by Crippen LogP contribution is -2.33. The highest BCUT2D eigenvalue weighted by Gasteiger charge is 2.33. The molecule has 0 saturated heterocycles. The number of fused-ring (bicyclic) bond motifs is 5. The standard InChI is InChI=1S/C19H14IN3O/c1-22-14-8-4-2-6-12(14)18-21-13-7-3-5-9-15(13)23(18)19(22)16-10-11-17(20)24-16/h2-11,19H,1H3/t19-/m0/s1. The Kier molecular flexibility index (Phi) is 3.00. The third-order valence-electron chi connectivity index (χ3n) is 4.58. The van der Waals surface area contributed by atoms with Crippen LogP contribution in [0.1, 0.15) is 11.9 Å². The summed E-state index contributed by atoms with van der Waals surface area (Å²) >= 11 is 2.21. The summed E-state index contributed by atoms with van der Waals surface area (Å²) in [5.41, 5.74) is 4.43. The molecule has 0 spiro atoms. The Hall–Kier alpha value is -2.28. The van der Waals surface area contributed by atoms with Crippen molar-refractivity contribution in [1.82, 2.24) is 9.55 Å². The summed E-state index contributed by atoms with van der Waals surface area (Å²) in [7, 11) is 2.11. The molecule has 0 saturated carbocycles. The number of benzene rings is 2. The van der Waals surface area contributed by atoms with Crippen molar-refractivity contribution in [3.05, 3.63) is 70.2 Å². The van der Waals surface area contributed by atoms with Crippen molar-refractivity contribution in [2.45, 2.75) is 6.17 Å². The van der Waals surface area contributed by atoms with Crippen LogP contribution in [0.4, 0.5) is 5.69 Å². The van der Waals surface area contributed by atoms with E-state index in [0.29, 0.717) is 0 Å². The first-order valence-electron chi connectivity index (χ1n) is 7.78. The second kappa shape index (κ2) is 5.11. The molecule has 0 N–H and O–H groups in total. The van der Waals surface area contributed by atoms with Crippen molar-refractivity contribution in [2.75, 3.05) is 11.9 Å². The van der Waals surface area contributed by atoms with Gasteiger partial charge in [-0.1, -0.05) is 24.3 Å². The van der Waals surface area contributed by atoms with E-state index >= 15 is 0 Å². The molecule has 0 radical (unpaired) electrons. The van der Waals surface area contributed by atoms with Crippen LogP contribution in [0.5, 0.6) is 0 Å². The van der Waals surface area contributed by atoms with Gasteiger partial charge in [-0.25, -0.2) is 4.98 Å². The van der Waals surface area contributed by atoms with E-state index in [4.69, 9.17) is 9.40 Å². The fourth-order valence-electron chi connectivity index (χ4n) is 3.54. The number of anilines is 1. The fraction of sp³-hybridized carbons (Fsp3) is 0.105. The number of halogens is 1. The first-order chi connectivity index (χ1) is 11.7. The van der Waals surface area contributed by atoms with Crippen LogP contribution in [-0.2, 0) is 0 Å². The average molecular weight is 427 g/mol. The van der Waals surface area contributed by atoms with Gasteiger partial charge in [-0.2, -0.15) is 0 Å². The molecule has 5 heteroatoms. The van der Waals surface area contributed by atoms with Crippen LogP contribution in [0, 0.1) is 3.77 Å². The first-order valence-corrected chi connectivity index (χ1v) is 8.86. The number of hydrogen-bond acceptors (Lipinski definition) is 3. The van der Waals surface area contributed by atoms with Crippen molar-refractivity contribution >= 4 is 39.3 Å². The Morgan fingerprint density at radius 1 is 1.00 bits per heavy atom. The monoisotopic (exact) mass is 427 g/mol. The predicted octanol–water partition coefficient (Wildman–Crippen LogP) is 4.90. The summed E-state index contributed by atoms with van der Waals surface area (Å²) in [5, 5.41) is 0. The molecule has 2 aromatic carbocycles. The molecule has 1 aliphatic heterocycles. The lowest BCUT2D eigenvalue weighted by Gasteiger charge is -2.36. The van der Waals surface area contributed by atoms with Gasteiger partial charge in [0.15, 0.2) is 9.93 Å². The predicted molar refractivity (Wildman–Crippen MR) is 103 cm³/mol. The maximum Gasteiger partial charge on any atom is 0.167 e. The van der Waals surface area contributed by atoms with Crippen molar-refractivity contribution in [1.29, 1.82) is 0 Å². The van der Waals surface area contributed by atoms with E-state index in [1.54, 1.807) is 0 Å². The second-order valence-corrected chi connectivity index (χ2v) is 7.00. The summed E-state index contributed by atoms with van der Waals surface area (Å²) in [6.45, 7) is 0. The molecular formula is C19H14IN3O. The van der Waals surface area contributed by atoms with E-state index in [0.717, 1.165) is 37.6 Å². The number of para-hydroxylation sites is 3. The molecule has 3 heterocycles. The summed E-state index contributed by atoms with van der Waals surface area (Å²) < 4.78 is 9.14. The van der Waals surface area contributed by atoms with Gasteiger partial charge in [0.1, 0.15) is 11.6 Å². The third kappa shape index (κ3) is 1.87. The van der Waals surface area contributed by atoms with E-state index in [9.17, 15) is 0 Å². The zero-order valence-electron chi connectivity index (χ0n) is 13.0. The molecule has 1 aliphatic rings. The SMILES string of the molecule is CN1c2ccccc2-c2nc3ccccc3n2[C@H]1c1ccc(I)o1. The first kappa shape index (κ1) is 14.1. The largest absolute Gasteiger partial charge is 0.451 e. The molecule has 0 fully saturated rings. The molecule has 118 valence electrons. The molecule has 0 unspecified atom stereocenters. The maximum atomic E-state index is 5.98. The van der Waals surface area contributed by atoms with Crippen LogP contribution in [0.15, 0.2) is 65.1 Å². The van der Waals surface area contributed by atoms with Gasteiger partial charge in [-0.15, -0.1) is 0 Å². The summed E-state index contributed by atoms with van der Waals surface area (Å²) in [6.07, 6.45) is -0.0502. The Balaban J connectivity index is 1.88. The van der Waals surface area contributed by atoms with Crippen molar-refractivity contribution in [3.63, 3.8) is 0 Å². The van der Waals surface area contributed by atoms with E-state index in [1.165, 1.54) is 0 Å². The van der Waals surface area contributed by atoms with E-state index < -0.39 is 0 Å². The molecule has 2 aromatic heterocycles. The Morgan fingerprint density at radius 2 is 1.79 bits per heavy atom. The molecule has 1 atom stereocenters. The molecule has 0 bridgehead atoms. The van der Waals surface area contributed by atoms with E-state index in [-0.39, 0.29) is 6.17 Å². The van der Waals surface area contributed by atoms with Crippen LogP contribution < -0.4 is 4.90 Å². The van der Waals surface area contributed by atoms with Crippen molar-refractivity contribution in [2.24, 2.45) is 0 Å². The minimum absolute atomic E-state index is 0.0502. The van der Waals surface area contributed by atoms with Crippen LogP contribution in [0.2, 0.25) is 0 Å². The lowest BCUT2D eigenvalue weighted by atomic mass is 10.1. The van der Waals surface area contributed by atoms with Crippen molar-refractivity contribution in [3.8, 4) is 11.4 Å². The average Bonchev–Trinajstić information content (AvgIpc) is 3.20. The van der Waals surface area contributed by atoms with Gasteiger partial charge in [-0.05, 0) is 59.0 Å². The van der Waals surface area contributed by atoms with Gasteiger partial charge in [-0.3, -0.25) is 4.57 Å². The van der Waals surface area contributed by atoms with Gasteiger partial charge in [0, 0.05) is 18.3 Å². The number of rotatable bonds is 1. The number of furan rings is 1. The van der Waals surface area contributed by atoms with E-state index in [1.807, 2.05) is 12.1 Å². The van der Waals surface area contributed by atoms with Crippen LogP contribution in [-0.4, -0.2) is 16.6 Å². The van der Waals surface area contributed by atoms with Gasteiger partial charge >= 0.3 is 0 Å². The zero-order valence-corrected chi connectivity index (χ0v) is 15.1. The number of aromatic nitrogens is 2. The van der Waals surface area contributed by atoms with Crippen LogP contribution >= 0.6 is 22.6 Å². The maximum absolute atomic E-state index is 5.98. The topological polar surface area (TPSA) is 34.2 Å². The van der Waals surface area contributed by atoms with Crippen LogP contribution in [0.25, 0.3) is 22.4 Å². The Morgan fingerprint density at radius 3 is 2.62 bits per heavy atom. The normalized spacial score (nSPS) is 16.2. The summed E-state index contributed by atoms with van der Waals surface area (Å²) in [5.74, 6) is 1.90. The third-order valence-corrected chi connectivity index (χ3v) is 5.16. The van der Waals surface area contributed by atoms with Gasteiger partial charge in [0.05, 0.1) is 11.0 Å². The van der Waals surface area contributed by atoms with Gasteiger partial charge in [0.2, 0.25) is 0 Å². The highest BCUT2D eigenvalue weighted by atomic mass is 127. The minimum atomic E-state index is -0.0502. The molecule has 24 heavy (non-hydrogen) atoms. The fourth-order valence-corrected chi connectivity index (χ4v) is 3.98. The smallest absolute Gasteiger partial charge is 0.167 e. The molecule has 4 nitrogen and oxygen atoms in total. The molecule has 4 aromatic rings. The number of hydrogen-bond donors (Lipinski definition) is 0. The molecule has 5 rings (SSSR count). The Labute approximate surface area is 152 Å². The summed E-state index contributed by atoms with van der Waals surface area (Å²) in [6, 6.07) is 20.7. The number of nitrogens with zero attached hydrogens (tertiary/aromatic N) is 3. The summed E-state index contributed by atoms with van der Waals surface area (Å²) in [4.78, 5) is 7.16. The Bertz CT molecular complexity index is 1070. The molecule has 0 amide bonds. The van der Waals surface area contributed by atoms with E-state index in [2.05, 4.69) is 87.6 Å². The molecular weight excluding hydrogens is 413 g/mol. The molecule has 0 aliphatic carbocycles. The lowest BCUT2D eigenvalue weighted by molar-refractivity contribution is 0.413. The highest BCUT2D eigenvalue weighted by molar-refractivity contribution is 14.1. The minimum Gasteiger partial charge on any atom is -0.451 e.